The summed E-state index contributed by atoms with van der Waals surface area (Å²) in [5.41, 5.74) is -0.568. The largest absolute Gasteiger partial charge is 0.477 e. The van der Waals surface area contributed by atoms with Crippen LogP contribution in [0.15, 0.2) is 53.8 Å². The van der Waals surface area contributed by atoms with Gasteiger partial charge in [0.05, 0.1) is 23.6 Å². The van der Waals surface area contributed by atoms with Crippen LogP contribution in [0.3, 0.4) is 0 Å². The molecule has 0 fully saturated rings. The van der Waals surface area contributed by atoms with Gasteiger partial charge in [0, 0.05) is 0 Å². The Balaban J connectivity index is 2.14. The second kappa shape index (κ2) is 5.88. The topological polar surface area (TPSA) is 89.7 Å². The van der Waals surface area contributed by atoms with Gasteiger partial charge in [0.15, 0.2) is 0 Å². The van der Waals surface area contributed by atoms with Gasteiger partial charge < -0.3 is 9.84 Å². The number of carbonyl (C=O) groups is 1. The van der Waals surface area contributed by atoms with Crippen molar-refractivity contribution < 1.29 is 19.6 Å². The highest BCUT2D eigenvalue weighted by Gasteiger charge is 2.36. The SMILES string of the molecule is CC1(OCc2ccccc2)C=CC(C(=O)O)=C([N+](=O)[O-])C1. The standard InChI is InChI=1S/C15H15NO5/c1-15(21-10-11-5-3-2-4-6-11)8-7-12(14(17)18)13(9-15)16(19)20/h2-8H,9-10H2,1H3,(H,17,18). The highest BCUT2D eigenvalue weighted by molar-refractivity contribution is 5.90. The molecule has 0 aliphatic heterocycles. The van der Waals surface area contributed by atoms with Gasteiger partial charge >= 0.3 is 5.97 Å². The molecule has 6 heteroatoms. The van der Waals surface area contributed by atoms with Crippen LogP contribution in [0, 0.1) is 10.1 Å². The molecule has 0 radical (unpaired) electrons. The number of ether oxygens (including phenoxy) is 1. The van der Waals surface area contributed by atoms with E-state index in [0.29, 0.717) is 6.61 Å². The summed E-state index contributed by atoms with van der Waals surface area (Å²) >= 11 is 0. The fourth-order valence-corrected chi connectivity index (χ4v) is 2.12. The molecule has 0 saturated heterocycles. The van der Waals surface area contributed by atoms with E-state index in [-0.39, 0.29) is 17.7 Å². The molecule has 110 valence electrons. The Morgan fingerprint density at radius 2 is 2.10 bits per heavy atom. The number of benzene rings is 1. The number of nitrogens with zero attached hydrogens (tertiary/aromatic N) is 1. The Bertz CT molecular complexity index is 620. The molecule has 1 aromatic rings. The quantitative estimate of drug-likeness (QED) is 0.664. The summed E-state index contributed by atoms with van der Waals surface area (Å²) in [5, 5.41) is 20.0. The molecule has 21 heavy (non-hydrogen) atoms. The third-order valence-corrected chi connectivity index (χ3v) is 3.29. The highest BCUT2D eigenvalue weighted by atomic mass is 16.6. The Morgan fingerprint density at radius 3 is 2.67 bits per heavy atom. The van der Waals surface area contributed by atoms with Crippen molar-refractivity contribution in [3.63, 3.8) is 0 Å². The van der Waals surface area contributed by atoms with E-state index in [1.54, 1.807) is 13.0 Å². The number of nitro groups is 1. The minimum atomic E-state index is -1.30. The van der Waals surface area contributed by atoms with Gasteiger partial charge in [0.2, 0.25) is 0 Å². The van der Waals surface area contributed by atoms with Crippen LogP contribution in [0.4, 0.5) is 0 Å². The average molecular weight is 289 g/mol. The molecule has 1 aliphatic carbocycles. The first-order chi connectivity index (χ1) is 9.91. The summed E-state index contributed by atoms with van der Waals surface area (Å²) in [4.78, 5) is 21.4. The second-order valence-electron chi connectivity index (χ2n) is 5.02. The smallest absolute Gasteiger partial charge is 0.342 e. The van der Waals surface area contributed by atoms with E-state index in [1.807, 2.05) is 30.3 Å². The maximum Gasteiger partial charge on any atom is 0.342 e. The Labute approximate surface area is 121 Å². The number of carboxylic acids is 1. The van der Waals surface area contributed by atoms with Gasteiger partial charge in [-0.05, 0) is 18.6 Å². The monoisotopic (exact) mass is 289 g/mol. The van der Waals surface area contributed by atoms with E-state index >= 15 is 0 Å². The highest BCUT2D eigenvalue weighted by Crippen LogP contribution is 2.31. The molecule has 0 aromatic heterocycles. The van der Waals surface area contributed by atoms with E-state index in [1.165, 1.54) is 6.08 Å². The molecular weight excluding hydrogens is 274 g/mol. The van der Waals surface area contributed by atoms with Crippen molar-refractivity contribution in [1.82, 2.24) is 0 Å². The predicted molar refractivity (Wildman–Crippen MR) is 75.0 cm³/mol. The summed E-state index contributed by atoms with van der Waals surface area (Å²) in [6.45, 7) is 2.00. The van der Waals surface area contributed by atoms with E-state index in [4.69, 9.17) is 9.84 Å². The fraction of sp³-hybridized carbons (Fsp3) is 0.267. The lowest BCUT2D eigenvalue weighted by atomic mass is 9.91. The normalized spacial score (nSPS) is 21.4. The summed E-state index contributed by atoms with van der Waals surface area (Å²) in [6, 6.07) is 9.43. The van der Waals surface area contributed by atoms with Gasteiger partial charge in [-0.1, -0.05) is 36.4 Å². The zero-order valence-electron chi connectivity index (χ0n) is 11.5. The van der Waals surface area contributed by atoms with Crippen molar-refractivity contribution in [2.24, 2.45) is 0 Å². The van der Waals surface area contributed by atoms with Crippen LogP contribution in [0.25, 0.3) is 0 Å². The lowest BCUT2D eigenvalue weighted by molar-refractivity contribution is -0.431. The lowest BCUT2D eigenvalue weighted by Gasteiger charge is -2.28. The van der Waals surface area contributed by atoms with Gasteiger partial charge in [0.1, 0.15) is 5.57 Å². The molecule has 6 nitrogen and oxygen atoms in total. The molecule has 0 spiro atoms. The summed E-state index contributed by atoms with van der Waals surface area (Å²) in [6.07, 6.45) is 2.73. The molecule has 1 aromatic carbocycles. The second-order valence-corrected chi connectivity index (χ2v) is 5.02. The van der Waals surface area contributed by atoms with Gasteiger partial charge in [-0.15, -0.1) is 0 Å². The van der Waals surface area contributed by atoms with Crippen LogP contribution < -0.4 is 0 Å². The van der Waals surface area contributed by atoms with E-state index in [0.717, 1.165) is 5.56 Å². The number of rotatable bonds is 5. The number of aliphatic carboxylic acids is 1. The van der Waals surface area contributed by atoms with Crippen LogP contribution in [0.1, 0.15) is 18.9 Å². The zero-order valence-corrected chi connectivity index (χ0v) is 11.5. The maximum atomic E-state index is 11.0. The first kappa shape index (κ1) is 14.9. The molecule has 0 saturated carbocycles. The summed E-state index contributed by atoms with van der Waals surface area (Å²) in [5.74, 6) is -1.30. The van der Waals surface area contributed by atoms with Crippen LogP contribution in [-0.4, -0.2) is 21.6 Å². The Hall–Kier alpha value is -2.47. The maximum absolute atomic E-state index is 11.0. The van der Waals surface area contributed by atoms with Gasteiger partial charge in [-0.2, -0.15) is 0 Å². The summed E-state index contributed by atoms with van der Waals surface area (Å²) in [7, 11) is 0. The average Bonchev–Trinajstić information content (AvgIpc) is 2.46. The van der Waals surface area contributed by atoms with Gasteiger partial charge in [-0.3, -0.25) is 10.1 Å². The minimum absolute atomic E-state index is 0.0784. The van der Waals surface area contributed by atoms with Crippen LogP contribution in [0.5, 0.6) is 0 Å². The van der Waals surface area contributed by atoms with Crippen LogP contribution in [-0.2, 0) is 16.1 Å². The van der Waals surface area contributed by atoms with E-state index in [2.05, 4.69) is 0 Å². The number of carboxylic acid groups (broad SMARTS) is 1. The van der Waals surface area contributed by atoms with Crippen molar-refractivity contribution in [2.45, 2.75) is 25.6 Å². The fourth-order valence-electron chi connectivity index (χ4n) is 2.12. The number of hydrogen-bond donors (Lipinski definition) is 1. The van der Waals surface area contributed by atoms with Crippen LogP contribution >= 0.6 is 0 Å². The molecule has 2 rings (SSSR count). The van der Waals surface area contributed by atoms with Crippen molar-refractivity contribution >= 4 is 5.97 Å². The molecule has 1 aliphatic rings. The molecule has 0 bridgehead atoms. The lowest BCUT2D eigenvalue weighted by Crippen LogP contribution is -2.32. The van der Waals surface area contributed by atoms with Gasteiger partial charge in [-0.25, -0.2) is 4.79 Å². The van der Waals surface area contributed by atoms with E-state index in [9.17, 15) is 14.9 Å². The molecular formula is C15H15NO5. The minimum Gasteiger partial charge on any atom is -0.477 e. The molecule has 1 N–H and O–H groups in total. The van der Waals surface area contributed by atoms with Gasteiger partial charge in [0.25, 0.3) is 5.70 Å². The van der Waals surface area contributed by atoms with Crippen molar-refractivity contribution in [3.05, 3.63) is 69.4 Å². The summed E-state index contributed by atoms with van der Waals surface area (Å²) < 4.78 is 5.75. The van der Waals surface area contributed by atoms with Crippen molar-refractivity contribution in [1.29, 1.82) is 0 Å². The Morgan fingerprint density at radius 1 is 1.43 bits per heavy atom. The molecule has 0 heterocycles. The predicted octanol–water partition coefficient (Wildman–Crippen LogP) is 2.54. The molecule has 1 unspecified atom stereocenters. The van der Waals surface area contributed by atoms with Crippen LogP contribution in [0.2, 0.25) is 0 Å². The number of hydrogen-bond acceptors (Lipinski definition) is 4. The zero-order chi connectivity index (χ0) is 15.5. The van der Waals surface area contributed by atoms with Crippen molar-refractivity contribution in [3.8, 4) is 0 Å². The third-order valence-electron chi connectivity index (χ3n) is 3.29. The first-order valence-electron chi connectivity index (χ1n) is 6.39. The third kappa shape index (κ3) is 3.55. The first-order valence-corrected chi connectivity index (χ1v) is 6.39. The van der Waals surface area contributed by atoms with E-state index < -0.39 is 16.5 Å². The molecule has 0 amide bonds. The molecule has 1 atom stereocenters. The Kier molecular flexibility index (Phi) is 4.18. The van der Waals surface area contributed by atoms with Crippen molar-refractivity contribution in [2.75, 3.05) is 0 Å².